The minimum absolute atomic E-state index is 0. The van der Waals surface area contributed by atoms with Crippen molar-refractivity contribution in [1.82, 2.24) is 0 Å². The van der Waals surface area contributed by atoms with Gasteiger partial charge in [-0.15, -0.1) is 0 Å². The fraction of sp³-hybridized carbons (Fsp3) is 0.500. The van der Waals surface area contributed by atoms with Gasteiger partial charge in [-0.25, -0.2) is 0 Å². The summed E-state index contributed by atoms with van der Waals surface area (Å²) in [7, 11) is 0. The molecule has 1 nitrogen and oxygen atoms in total. The Morgan fingerprint density at radius 2 is 2.14 bits per heavy atom. The highest BCUT2D eigenvalue weighted by Crippen LogP contribution is 1.78. The van der Waals surface area contributed by atoms with Gasteiger partial charge in [-0.2, -0.15) is 0 Å². The molecule has 0 aromatic carbocycles. The van der Waals surface area contributed by atoms with Crippen LogP contribution in [-0.4, -0.2) is 5.11 Å². The van der Waals surface area contributed by atoms with E-state index < -0.39 is 0 Å². The van der Waals surface area contributed by atoms with E-state index >= 15 is 0 Å². The molecule has 0 amide bonds. The third-order valence-electron chi connectivity index (χ3n) is 0.454. The van der Waals surface area contributed by atoms with E-state index in [1.54, 1.807) is 0 Å². The second-order valence-electron chi connectivity index (χ2n) is 1.04. The van der Waals surface area contributed by atoms with Crippen LogP contribution in [0.4, 0.5) is 0 Å². The van der Waals surface area contributed by atoms with Crippen LogP contribution in [0.3, 0.4) is 0 Å². The van der Waals surface area contributed by atoms with Crippen LogP contribution in [0.15, 0.2) is 0 Å². The smallest absolute Gasteiger partial charge is 0.107 e. The van der Waals surface area contributed by atoms with Crippen molar-refractivity contribution >= 4 is 0 Å². The molecular formula is C6H8O. The van der Waals surface area contributed by atoms with Crippen molar-refractivity contribution < 1.29 is 5.11 Å². The summed E-state index contributed by atoms with van der Waals surface area (Å²) in [6.07, 6.45) is 3.64. The van der Waals surface area contributed by atoms with Gasteiger partial charge in [-0.3, -0.25) is 0 Å². The van der Waals surface area contributed by atoms with Crippen molar-refractivity contribution in [1.29, 1.82) is 0 Å². The molecule has 0 rings (SSSR count). The van der Waals surface area contributed by atoms with Crippen molar-refractivity contribution in [2.45, 2.75) is 19.8 Å². The Morgan fingerprint density at radius 1 is 1.57 bits per heavy atom. The Hall–Kier alpha value is -0.640. The first-order chi connectivity index (χ1) is 2.91. The molecule has 0 aliphatic carbocycles. The number of aliphatic hydroxyl groups excluding tert-OH is 1. The SMILES string of the molecule is CCCC#CO.[C]. The van der Waals surface area contributed by atoms with Gasteiger partial charge in [-0.1, -0.05) is 12.8 Å². The van der Waals surface area contributed by atoms with Gasteiger partial charge in [0.2, 0.25) is 0 Å². The number of unbranched alkanes of at least 4 members (excludes halogenated alkanes) is 1. The minimum Gasteiger partial charge on any atom is -0.462 e. The van der Waals surface area contributed by atoms with Crippen LogP contribution in [0.2, 0.25) is 0 Å². The molecule has 0 bridgehead atoms. The Bertz CT molecular complexity index is 66.0. The van der Waals surface area contributed by atoms with Gasteiger partial charge >= 0.3 is 0 Å². The van der Waals surface area contributed by atoms with E-state index in [1.807, 2.05) is 13.0 Å². The molecule has 0 saturated carbocycles. The summed E-state index contributed by atoms with van der Waals surface area (Å²) in [5.41, 5.74) is 0. The zero-order valence-electron chi connectivity index (χ0n) is 4.36. The molecule has 1 N–H and O–H groups in total. The normalized spacial score (nSPS) is 5.29. The summed E-state index contributed by atoms with van der Waals surface area (Å²) in [5.74, 6) is 2.50. The predicted molar refractivity (Wildman–Crippen MR) is 27.9 cm³/mol. The zero-order chi connectivity index (χ0) is 4.83. The third kappa shape index (κ3) is 10.9. The average molecular weight is 96.1 g/mol. The average Bonchev–Trinajstić information content (AvgIpc) is 1.61. The van der Waals surface area contributed by atoms with E-state index in [0.29, 0.717) is 0 Å². The lowest BCUT2D eigenvalue weighted by atomic mass is 10.4. The second kappa shape index (κ2) is 9.03. The molecule has 38 valence electrons. The Kier molecular flexibility index (Phi) is 12.4. The summed E-state index contributed by atoms with van der Waals surface area (Å²) < 4.78 is 0. The topological polar surface area (TPSA) is 20.2 Å². The fourth-order valence-electron chi connectivity index (χ4n) is 0.181. The van der Waals surface area contributed by atoms with Gasteiger partial charge in [0.25, 0.3) is 0 Å². The molecule has 7 heavy (non-hydrogen) atoms. The maximum atomic E-state index is 7.84. The first-order valence-corrected chi connectivity index (χ1v) is 2.03. The number of aliphatic hydroxyl groups is 1. The van der Waals surface area contributed by atoms with Gasteiger partial charge in [0.15, 0.2) is 0 Å². The van der Waals surface area contributed by atoms with E-state index in [4.69, 9.17) is 5.11 Å². The summed E-state index contributed by atoms with van der Waals surface area (Å²) in [4.78, 5) is 0. The first kappa shape index (κ1) is 9.61. The zero-order valence-corrected chi connectivity index (χ0v) is 4.36. The summed E-state index contributed by atoms with van der Waals surface area (Å²) >= 11 is 0. The lowest BCUT2D eigenvalue weighted by Gasteiger charge is -1.70. The van der Waals surface area contributed by atoms with Crippen LogP contribution < -0.4 is 0 Å². The highest BCUT2D eigenvalue weighted by atomic mass is 16.2. The maximum absolute atomic E-state index is 7.84. The minimum atomic E-state index is 0. The highest BCUT2D eigenvalue weighted by Gasteiger charge is 1.64. The van der Waals surface area contributed by atoms with Crippen LogP contribution in [0.1, 0.15) is 19.8 Å². The second-order valence-corrected chi connectivity index (χ2v) is 1.04. The predicted octanol–water partition coefficient (Wildman–Crippen LogP) is 1.20. The van der Waals surface area contributed by atoms with Crippen molar-refractivity contribution in [3.8, 4) is 12.0 Å². The standard InChI is InChI=1S/C5H8O.C/c1-2-3-4-5-6;/h6H,2-3H2,1H3;. The molecule has 1 heteroatoms. The van der Waals surface area contributed by atoms with E-state index in [2.05, 4.69) is 5.92 Å². The molecule has 0 atom stereocenters. The van der Waals surface area contributed by atoms with Crippen LogP contribution in [-0.2, 0) is 0 Å². The van der Waals surface area contributed by atoms with Gasteiger partial charge in [-0.05, 0) is 6.42 Å². The molecule has 0 fully saturated rings. The van der Waals surface area contributed by atoms with Crippen LogP contribution in [0.25, 0.3) is 0 Å². The lowest BCUT2D eigenvalue weighted by Crippen LogP contribution is -1.58. The van der Waals surface area contributed by atoms with Gasteiger partial charge in [0.05, 0.1) is 0 Å². The summed E-state index contributed by atoms with van der Waals surface area (Å²) in [5, 5.41) is 7.84. The van der Waals surface area contributed by atoms with E-state index in [-0.39, 0.29) is 7.43 Å². The quantitative estimate of drug-likeness (QED) is 0.486. The highest BCUT2D eigenvalue weighted by molar-refractivity contribution is 4.88. The van der Waals surface area contributed by atoms with Crippen molar-refractivity contribution in [2.24, 2.45) is 0 Å². The maximum Gasteiger partial charge on any atom is 0.107 e. The molecule has 0 heterocycles. The summed E-state index contributed by atoms with van der Waals surface area (Å²) in [6.45, 7) is 2.02. The Balaban J connectivity index is 0. The molecular weight excluding hydrogens is 88.1 g/mol. The third-order valence-corrected chi connectivity index (χ3v) is 0.454. The molecule has 0 saturated heterocycles. The summed E-state index contributed by atoms with van der Waals surface area (Å²) in [6, 6.07) is 0. The number of rotatable bonds is 1. The molecule has 0 aromatic heterocycles. The molecule has 0 aliphatic heterocycles. The van der Waals surface area contributed by atoms with E-state index in [1.165, 1.54) is 0 Å². The van der Waals surface area contributed by atoms with Gasteiger partial charge in [0.1, 0.15) is 6.11 Å². The van der Waals surface area contributed by atoms with Crippen LogP contribution in [0.5, 0.6) is 0 Å². The van der Waals surface area contributed by atoms with Crippen molar-refractivity contribution in [3.05, 3.63) is 7.43 Å². The molecule has 0 aliphatic rings. The number of hydrogen-bond donors (Lipinski definition) is 1. The molecule has 0 spiro atoms. The number of hydrogen-bond acceptors (Lipinski definition) is 1. The van der Waals surface area contributed by atoms with Crippen LogP contribution >= 0.6 is 0 Å². The molecule has 4 radical (unpaired) electrons. The van der Waals surface area contributed by atoms with E-state index in [0.717, 1.165) is 12.8 Å². The van der Waals surface area contributed by atoms with Crippen LogP contribution in [0, 0.1) is 19.5 Å². The van der Waals surface area contributed by atoms with Crippen molar-refractivity contribution in [3.63, 3.8) is 0 Å². The lowest BCUT2D eigenvalue weighted by molar-refractivity contribution is 0.516. The van der Waals surface area contributed by atoms with E-state index in [9.17, 15) is 0 Å². The van der Waals surface area contributed by atoms with Gasteiger partial charge < -0.3 is 5.11 Å². The first-order valence-electron chi connectivity index (χ1n) is 2.03. The Morgan fingerprint density at radius 3 is 2.29 bits per heavy atom. The van der Waals surface area contributed by atoms with Crippen molar-refractivity contribution in [2.75, 3.05) is 0 Å². The molecule has 0 aromatic rings. The van der Waals surface area contributed by atoms with Gasteiger partial charge in [0, 0.05) is 13.8 Å². The largest absolute Gasteiger partial charge is 0.462 e. The molecule has 0 unspecified atom stereocenters. The monoisotopic (exact) mass is 96.1 g/mol. The Labute approximate surface area is 45.4 Å². The fourth-order valence-corrected chi connectivity index (χ4v) is 0.181.